The molecule has 0 spiro atoms. The van der Waals surface area contributed by atoms with E-state index < -0.39 is 0 Å². The average molecular weight is 369 g/mol. The molecular weight excluding hydrogens is 346 g/mol. The van der Waals surface area contributed by atoms with Gasteiger partial charge in [-0.3, -0.25) is 4.79 Å². The number of benzene rings is 1. The summed E-state index contributed by atoms with van der Waals surface area (Å²) in [7, 11) is 0. The summed E-state index contributed by atoms with van der Waals surface area (Å²) in [5, 5.41) is 11.9. The number of piperidine rings is 1. The normalized spacial score (nSPS) is 18.5. The first kappa shape index (κ1) is 17.4. The maximum absolute atomic E-state index is 13.2. The fourth-order valence-electron chi connectivity index (χ4n) is 3.70. The molecule has 0 bridgehead atoms. The Hall–Kier alpha value is -3.03. The van der Waals surface area contributed by atoms with Crippen molar-refractivity contribution in [3.05, 3.63) is 42.4 Å². The smallest absolute Gasteiger partial charge is 0.254 e. The van der Waals surface area contributed by atoms with Crippen LogP contribution in [0.15, 0.2) is 46.4 Å². The van der Waals surface area contributed by atoms with Crippen LogP contribution in [0, 0.1) is 0 Å². The lowest BCUT2D eigenvalue weighted by Gasteiger charge is -2.39. The van der Waals surface area contributed by atoms with E-state index >= 15 is 0 Å². The summed E-state index contributed by atoms with van der Waals surface area (Å²) in [5.41, 5.74) is 7.26. The number of hydrogen-bond acceptors (Lipinski definition) is 5. The number of amides is 1. The van der Waals surface area contributed by atoms with E-state index in [1.807, 2.05) is 34.1 Å². The Bertz CT molecular complexity index is 806. The minimum atomic E-state index is 0.0730. The van der Waals surface area contributed by atoms with Gasteiger partial charge in [-0.25, -0.2) is 4.98 Å². The molecule has 0 unspecified atom stereocenters. The van der Waals surface area contributed by atoms with Crippen LogP contribution >= 0.6 is 0 Å². The molecule has 1 aliphatic carbocycles. The number of carbonyl (C=O) groups excluding carboxylic acids is 1. The Balaban J connectivity index is 1.47. The molecule has 2 fully saturated rings. The van der Waals surface area contributed by atoms with Gasteiger partial charge in [0.05, 0.1) is 6.20 Å². The highest BCUT2D eigenvalue weighted by Gasteiger charge is 2.39. The summed E-state index contributed by atoms with van der Waals surface area (Å²) in [6, 6.07) is 7.98. The Morgan fingerprint density at radius 2 is 1.85 bits per heavy atom. The summed E-state index contributed by atoms with van der Waals surface area (Å²) < 4.78 is 5.30. The number of oxazole rings is 1. The number of rotatable bonds is 4. The zero-order valence-electron chi connectivity index (χ0n) is 15.0. The fraction of sp³-hybridized carbons (Fsp3) is 0.421. The topological polar surface area (TPSA) is 108 Å². The van der Waals surface area contributed by atoms with Crippen molar-refractivity contribution in [1.29, 1.82) is 0 Å². The second-order valence-electron chi connectivity index (χ2n) is 7.06. The van der Waals surface area contributed by atoms with Crippen LogP contribution in [0.3, 0.4) is 0 Å². The summed E-state index contributed by atoms with van der Waals surface area (Å²) in [6.07, 6.45) is 6.79. The second kappa shape index (κ2) is 7.30. The van der Waals surface area contributed by atoms with E-state index in [4.69, 9.17) is 15.4 Å². The number of carbonyl (C=O) groups is 1. The molecule has 0 atom stereocenters. The van der Waals surface area contributed by atoms with E-state index in [2.05, 4.69) is 10.1 Å². The molecule has 3 N–H and O–H groups in total. The lowest BCUT2D eigenvalue weighted by atomic mass is 10.0. The Morgan fingerprint density at radius 1 is 1.19 bits per heavy atom. The number of aromatic nitrogens is 1. The number of hydrogen-bond donors (Lipinski definition) is 2. The lowest BCUT2D eigenvalue weighted by Crippen LogP contribution is -2.51. The number of nitrogens with two attached hydrogens (primary N) is 1. The van der Waals surface area contributed by atoms with E-state index in [0.717, 1.165) is 31.2 Å². The van der Waals surface area contributed by atoms with Gasteiger partial charge in [0.2, 0.25) is 5.96 Å². The molecule has 1 aromatic carbocycles. The molecular formula is C19H23N5O3. The van der Waals surface area contributed by atoms with Crippen LogP contribution in [0.25, 0.3) is 11.3 Å². The van der Waals surface area contributed by atoms with E-state index in [-0.39, 0.29) is 17.9 Å². The van der Waals surface area contributed by atoms with Gasteiger partial charge < -0.3 is 25.2 Å². The van der Waals surface area contributed by atoms with Crippen LogP contribution in [0.1, 0.15) is 36.0 Å². The summed E-state index contributed by atoms with van der Waals surface area (Å²) in [4.78, 5) is 21.0. The van der Waals surface area contributed by atoms with Gasteiger partial charge in [0, 0.05) is 36.3 Å². The van der Waals surface area contributed by atoms with E-state index in [1.165, 1.54) is 6.39 Å². The van der Waals surface area contributed by atoms with Gasteiger partial charge >= 0.3 is 0 Å². The summed E-state index contributed by atoms with van der Waals surface area (Å²) in [6.45, 7) is 1.36. The van der Waals surface area contributed by atoms with Crippen molar-refractivity contribution in [2.45, 2.75) is 37.8 Å². The molecule has 8 nitrogen and oxygen atoms in total. The number of guanidine groups is 1. The molecule has 27 heavy (non-hydrogen) atoms. The van der Waals surface area contributed by atoms with Crippen molar-refractivity contribution < 1.29 is 14.4 Å². The Kier molecular flexibility index (Phi) is 4.70. The Labute approximate surface area is 157 Å². The molecule has 1 saturated heterocycles. The van der Waals surface area contributed by atoms with E-state index in [1.54, 1.807) is 6.20 Å². The minimum Gasteiger partial charge on any atom is -0.444 e. The quantitative estimate of drug-likeness (QED) is 0.370. The van der Waals surface area contributed by atoms with Crippen molar-refractivity contribution in [1.82, 2.24) is 14.8 Å². The van der Waals surface area contributed by atoms with Crippen LogP contribution in [0.4, 0.5) is 0 Å². The zero-order valence-corrected chi connectivity index (χ0v) is 15.0. The highest BCUT2D eigenvalue weighted by atomic mass is 16.4. The van der Waals surface area contributed by atoms with Crippen molar-refractivity contribution in [3.63, 3.8) is 0 Å². The second-order valence-corrected chi connectivity index (χ2v) is 7.06. The molecule has 8 heteroatoms. The molecule has 1 amide bonds. The van der Waals surface area contributed by atoms with Gasteiger partial charge in [0.25, 0.3) is 5.91 Å². The van der Waals surface area contributed by atoms with Gasteiger partial charge in [0.1, 0.15) is 0 Å². The lowest BCUT2D eigenvalue weighted by molar-refractivity contribution is 0.0588. The van der Waals surface area contributed by atoms with E-state index in [0.29, 0.717) is 30.5 Å². The largest absolute Gasteiger partial charge is 0.444 e. The van der Waals surface area contributed by atoms with Crippen LogP contribution in [0.2, 0.25) is 0 Å². The first-order valence-corrected chi connectivity index (χ1v) is 9.21. The standard InChI is InChI=1S/C19H23N5O3/c20-19(22-26)23-9-7-16(8-10-23)24(15-5-6-15)18(25)14-3-1-13(2-4-14)17-11-21-12-27-17/h1-4,11-12,15-16,26H,5-10H2,(H2,20,22). The third-order valence-corrected chi connectivity index (χ3v) is 5.31. The molecule has 1 aromatic heterocycles. The monoisotopic (exact) mass is 369 g/mol. The molecule has 0 radical (unpaired) electrons. The van der Waals surface area contributed by atoms with Crippen LogP contribution < -0.4 is 5.73 Å². The van der Waals surface area contributed by atoms with Crippen molar-refractivity contribution in [2.24, 2.45) is 10.9 Å². The van der Waals surface area contributed by atoms with Crippen molar-refractivity contribution >= 4 is 11.9 Å². The molecule has 2 heterocycles. The van der Waals surface area contributed by atoms with Crippen LogP contribution in [-0.4, -0.2) is 57.0 Å². The van der Waals surface area contributed by atoms with E-state index in [9.17, 15) is 4.79 Å². The zero-order chi connectivity index (χ0) is 18.8. The predicted molar refractivity (Wildman–Crippen MR) is 99.1 cm³/mol. The highest BCUT2D eigenvalue weighted by Crippen LogP contribution is 2.33. The fourth-order valence-corrected chi connectivity index (χ4v) is 3.70. The number of likely N-dealkylation sites (tertiary alicyclic amines) is 1. The maximum atomic E-state index is 13.2. The van der Waals surface area contributed by atoms with Crippen molar-refractivity contribution in [3.8, 4) is 11.3 Å². The predicted octanol–water partition coefficient (Wildman–Crippen LogP) is 2.11. The molecule has 1 saturated carbocycles. The molecule has 2 aromatic rings. The van der Waals surface area contributed by atoms with Gasteiger partial charge in [-0.2, -0.15) is 0 Å². The summed E-state index contributed by atoms with van der Waals surface area (Å²) in [5.74, 6) is 0.896. The average Bonchev–Trinajstić information content (AvgIpc) is 3.39. The van der Waals surface area contributed by atoms with Crippen LogP contribution in [0.5, 0.6) is 0 Å². The molecule has 1 aliphatic heterocycles. The molecule has 142 valence electrons. The third kappa shape index (κ3) is 3.60. The number of nitrogens with zero attached hydrogens (tertiary/aromatic N) is 4. The number of oxime groups is 1. The highest BCUT2D eigenvalue weighted by molar-refractivity contribution is 5.95. The molecule has 2 aliphatic rings. The van der Waals surface area contributed by atoms with Crippen LogP contribution in [-0.2, 0) is 0 Å². The van der Waals surface area contributed by atoms with Gasteiger partial charge in [-0.15, -0.1) is 0 Å². The SMILES string of the molecule is NC(=NO)N1CCC(N(C(=O)c2ccc(-c3cnco3)cc2)C2CC2)CC1. The van der Waals surface area contributed by atoms with Gasteiger partial charge in [0.15, 0.2) is 12.2 Å². The van der Waals surface area contributed by atoms with Gasteiger partial charge in [-0.05, 0) is 37.8 Å². The maximum Gasteiger partial charge on any atom is 0.254 e. The first-order chi connectivity index (χ1) is 13.2. The third-order valence-electron chi connectivity index (χ3n) is 5.31. The summed E-state index contributed by atoms with van der Waals surface area (Å²) >= 11 is 0. The van der Waals surface area contributed by atoms with Gasteiger partial charge in [-0.1, -0.05) is 17.3 Å². The molecule has 4 rings (SSSR count). The Morgan fingerprint density at radius 3 is 2.41 bits per heavy atom. The van der Waals surface area contributed by atoms with Crippen molar-refractivity contribution in [2.75, 3.05) is 13.1 Å². The minimum absolute atomic E-state index is 0.0730. The first-order valence-electron chi connectivity index (χ1n) is 9.21.